The summed E-state index contributed by atoms with van der Waals surface area (Å²) < 4.78 is 18.7. The first kappa shape index (κ1) is 19.9. The maximum absolute atomic E-state index is 12.9. The molecule has 1 aromatic heterocycles. The van der Waals surface area contributed by atoms with E-state index in [0.717, 1.165) is 42.6 Å². The highest BCUT2D eigenvalue weighted by molar-refractivity contribution is 6.35. The smallest absolute Gasteiger partial charge is 0.309 e. The number of anilines is 1. The van der Waals surface area contributed by atoms with Crippen LogP contribution in [0.15, 0.2) is 52.9 Å². The maximum Gasteiger partial charge on any atom is 0.309 e. The van der Waals surface area contributed by atoms with Crippen LogP contribution < -0.4 is 15.5 Å². The predicted octanol–water partition coefficient (Wildman–Crippen LogP) is 2.62. The molecule has 2 aromatic carbocycles. The van der Waals surface area contributed by atoms with Crippen LogP contribution in [0.4, 0.5) is 10.4 Å². The second-order valence-corrected chi connectivity index (χ2v) is 7.41. The van der Waals surface area contributed by atoms with Gasteiger partial charge in [-0.05, 0) is 48.6 Å². The Hall–Kier alpha value is -3.42. The van der Waals surface area contributed by atoms with E-state index in [4.69, 9.17) is 4.42 Å². The Morgan fingerprint density at radius 2 is 1.73 bits per heavy atom. The fourth-order valence-electron chi connectivity index (χ4n) is 3.51. The molecule has 156 valence electrons. The number of piperidine rings is 1. The molecule has 8 heteroatoms. The van der Waals surface area contributed by atoms with E-state index in [2.05, 4.69) is 20.5 Å². The first-order valence-electron chi connectivity index (χ1n) is 9.99. The van der Waals surface area contributed by atoms with Crippen LogP contribution in [0.3, 0.4) is 0 Å². The molecule has 0 atom stereocenters. The summed E-state index contributed by atoms with van der Waals surface area (Å²) in [5.41, 5.74) is 2.34. The quantitative estimate of drug-likeness (QED) is 0.632. The van der Waals surface area contributed by atoms with E-state index in [-0.39, 0.29) is 12.4 Å². The highest BCUT2D eigenvalue weighted by atomic mass is 19.1. The number of oxazole rings is 1. The number of benzene rings is 2. The number of aromatic nitrogens is 1. The summed E-state index contributed by atoms with van der Waals surface area (Å²) in [6.07, 6.45) is 1.74. The highest BCUT2D eigenvalue weighted by Crippen LogP contribution is 2.26. The monoisotopic (exact) mass is 410 g/mol. The third kappa shape index (κ3) is 4.76. The van der Waals surface area contributed by atoms with Crippen molar-refractivity contribution >= 4 is 28.9 Å². The SMILES string of the molecule is O=C(NCc1ccc(F)cc1)C(=O)NCC1CCN(c2nc3ccccc3o2)CC1. The van der Waals surface area contributed by atoms with Crippen LogP contribution in [-0.4, -0.2) is 36.4 Å². The van der Waals surface area contributed by atoms with Crippen molar-refractivity contribution in [3.05, 3.63) is 59.9 Å². The predicted molar refractivity (Wildman–Crippen MR) is 110 cm³/mol. The second-order valence-electron chi connectivity index (χ2n) is 7.41. The number of nitrogens with one attached hydrogen (secondary N) is 2. The summed E-state index contributed by atoms with van der Waals surface area (Å²) in [5, 5.41) is 5.25. The Bertz CT molecular complexity index is 993. The van der Waals surface area contributed by atoms with Gasteiger partial charge in [0.1, 0.15) is 11.3 Å². The number of nitrogens with zero attached hydrogens (tertiary/aromatic N) is 2. The molecule has 2 amide bonds. The number of hydrogen-bond donors (Lipinski definition) is 2. The Balaban J connectivity index is 1.19. The largest absolute Gasteiger partial charge is 0.423 e. The zero-order valence-corrected chi connectivity index (χ0v) is 16.4. The molecule has 4 rings (SSSR count). The van der Waals surface area contributed by atoms with E-state index in [9.17, 15) is 14.0 Å². The second kappa shape index (κ2) is 8.94. The average molecular weight is 410 g/mol. The van der Waals surface area contributed by atoms with Crippen LogP contribution in [-0.2, 0) is 16.1 Å². The normalized spacial score (nSPS) is 14.6. The van der Waals surface area contributed by atoms with Crippen molar-refractivity contribution in [2.75, 3.05) is 24.5 Å². The number of amides is 2. The molecule has 0 saturated carbocycles. The van der Waals surface area contributed by atoms with Crippen LogP contribution in [0.2, 0.25) is 0 Å². The van der Waals surface area contributed by atoms with Crippen LogP contribution in [0.5, 0.6) is 0 Å². The average Bonchev–Trinajstić information content (AvgIpc) is 3.21. The number of fused-ring (bicyclic) bond motifs is 1. The Morgan fingerprint density at radius 1 is 1.03 bits per heavy atom. The number of hydrogen-bond acceptors (Lipinski definition) is 5. The van der Waals surface area contributed by atoms with Crippen LogP contribution in [0.1, 0.15) is 18.4 Å². The summed E-state index contributed by atoms with van der Waals surface area (Å²) in [6, 6.07) is 14.1. The van der Waals surface area contributed by atoms with E-state index in [0.29, 0.717) is 18.5 Å². The van der Waals surface area contributed by atoms with E-state index in [1.807, 2.05) is 24.3 Å². The molecular weight excluding hydrogens is 387 g/mol. The van der Waals surface area contributed by atoms with Gasteiger partial charge in [0.2, 0.25) is 0 Å². The molecular formula is C22H23FN4O3. The van der Waals surface area contributed by atoms with E-state index in [1.54, 1.807) is 12.1 Å². The van der Waals surface area contributed by atoms with Gasteiger partial charge in [0.25, 0.3) is 6.01 Å². The van der Waals surface area contributed by atoms with Gasteiger partial charge in [-0.1, -0.05) is 24.3 Å². The first-order valence-corrected chi connectivity index (χ1v) is 9.99. The molecule has 7 nitrogen and oxygen atoms in total. The Kier molecular flexibility index (Phi) is 5.92. The molecule has 0 unspecified atom stereocenters. The van der Waals surface area contributed by atoms with Gasteiger partial charge in [-0.3, -0.25) is 9.59 Å². The van der Waals surface area contributed by atoms with Crippen molar-refractivity contribution in [2.24, 2.45) is 5.92 Å². The highest BCUT2D eigenvalue weighted by Gasteiger charge is 2.24. The van der Waals surface area contributed by atoms with Gasteiger partial charge in [-0.15, -0.1) is 0 Å². The minimum absolute atomic E-state index is 0.176. The number of carbonyl (C=O) groups excluding carboxylic acids is 2. The zero-order valence-electron chi connectivity index (χ0n) is 16.4. The summed E-state index contributed by atoms with van der Waals surface area (Å²) >= 11 is 0. The van der Waals surface area contributed by atoms with Crippen molar-refractivity contribution in [1.82, 2.24) is 15.6 Å². The molecule has 30 heavy (non-hydrogen) atoms. The molecule has 1 fully saturated rings. The van der Waals surface area contributed by atoms with Crippen molar-refractivity contribution < 1.29 is 18.4 Å². The Labute approximate surface area is 173 Å². The molecule has 1 saturated heterocycles. The summed E-state index contributed by atoms with van der Waals surface area (Å²) in [6.45, 7) is 2.19. The van der Waals surface area contributed by atoms with Gasteiger partial charge in [0.15, 0.2) is 5.58 Å². The lowest BCUT2D eigenvalue weighted by Gasteiger charge is -2.30. The Morgan fingerprint density at radius 3 is 2.47 bits per heavy atom. The first-order chi connectivity index (χ1) is 14.6. The lowest BCUT2D eigenvalue weighted by atomic mass is 9.97. The molecule has 1 aliphatic rings. The van der Waals surface area contributed by atoms with Crippen molar-refractivity contribution in [3.8, 4) is 0 Å². The van der Waals surface area contributed by atoms with Gasteiger partial charge in [0, 0.05) is 26.2 Å². The third-order valence-electron chi connectivity index (χ3n) is 5.29. The molecule has 0 aliphatic carbocycles. The van der Waals surface area contributed by atoms with Gasteiger partial charge in [-0.2, -0.15) is 4.98 Å². The number of para-hydroxylation sites is 2. The number of carbonyl (C=O) groups is 2. The van der Waals surface area contributed by atoms with E-state index >= 15 is 0 Å². The van der Waals surface area contributed by atoms with Crippen LogP contribution in [0, 0.1) is 11.7 Å². The fraction of sp³-hybridized carbons (Fsp3) is 0.318. The molecule has 1 aliphatic heterocycles. The topological polar surface area (TPSA) is 87.5 Å². The van der Waals surface area contributed by atoms with Crippen molar-refractivity contribution in [2.45, 2.75) is 19.4 Å². The number of halogens is 1. The fourth-order valence-corrected chi connectivity index (χ4v) is 3.51. The van der Waals surface area contributed by atoms with Gasteiger partial charge in [0.05, 0.1) is 0 Å². The van der Waals surface area contributed by atoms with E-state index < -0.39 is 11.8 Å². The van der Waals surface area contributed by atoms with Gasteiger partial charge >= 0.3 is 11.8 Å². The number of rotatable bonds is 5. The van der Waals surface area contributed by atoms with Gasteiger partial charge in [-0.25, -0.2) is 4.39 Å². The molecule has 2 heterocycles. The summed E-state index contributed by atoms with van der Waals surface area (Å²) in [4.78, 5) is 30.6. The van der Waals surface area contributed by atoms with Crippen molar-refractivity contribution in [3.63, 3.8) is 0 Å². The minimum Gasteiger partial charge on any atom is -0.423 e. The maximum atomic E-state index is 12.9. The van der Waals surface area contributed by atoms with Crippen LogP contribution >= 0.6 is 0 Å². The lowest BCUT2D eigenvalue weighted by molar-refractivity contribution is -0.139. The third-order valence-corrected chi connectivity index (χ3v) is 5.29. The minimum atomic E-state index is -0.691. The molecule has 0 spiro atoms. The molecule has 3 aromatic rings. The molecule has 2 N–H and O–H groups in total. The van der Waals surface area contributed by atoms with Crippen LogP contribution in [0.25, 0.3) is 11.1 Å². The lowest BCUT2D eigenvalue weighted by Crippen LogP contribution is -2.43. The summed E-state index contributed by atoms with van der Waals surface area (Å²) in [5.74, 6) is -1.40. The van der Waals surface area contributed by atoms with Crippen molar-refractivity contribution in [1.29, 1.82) is 0 Å². The molecule has 0 radical (unpaired) electrons. The standard InChI is InChI=1S/C22H23FN4O3/c23-17-7-5-15(6-8-17)13-24-20(28)21(29)25-14-16-9-11-27(12-10-16)22-26-18-3-1-2-4-19(18)30-22/h1-8,16H,9-14H2,(H,24,28)(H,25,29). The molecule has 0 bridgehead atoms. The van der Waals surface area contributed by atoms with E-state index in [1.165, 1.54) is 12.1 Å². The summed E-state index contributed by atoms with van der Waals surface area (Å²) in [7, 11) is 0. The van der Waals surface area contributed by atoms with Gasteiger partial charge < -0.3 is 20.0 Å². The zero-order chi connectivity index (χ0) is 20.9.